The molecule has 1 aromatic rings. The van der Waals surface area contributed by atoms with Crippen LogP contribution in [-0.4, -0.2) is 37.3 Å². The molecule has 1 aliphatic rings. The van der Waals surface area contributed by atoms with Crippen molar-refractivity contribution in [2.45, 2.75) is 50.5 Å². The predicted molar refractivity (Wildman–Crippen MR) is 95.4 cm³/mol. The molecule has 0 saturated carbocycles. The van der Waals surface area contributed by atoms with Gasteiger partial charge < -0.3 is 5.32 Å². The Balaban J connectivity index is 2.12. The Labute approximate surface area is 149 Å². The molecule has 1 N–H and O–H groups in total. The van der Waals surface area contributed by atoms with E-state index in [0.29, 0.717) is 24.4 Å². The van der Waals surface area contributed by atoms with Gasteiger partial charge in [-0.3, -0.25) is 4.79 Å². The second-order valence-electron chi connectivity index (χ2n) is 6.88. The number of rotatable bonds is 5. The van der Waals surface area contributed by atoms with E-state index >= 15 is 0 Å². The first-order valence-corrected chi connectivity index (χ1v) is 10.1. The van der Waals surface area contributed by atoms with Gasteiger partial charge in [0.2, 0.25) is 15.9 Å². The predicted octanol–water partition coefficient (Wildman–Crippen LogP) is 3.05. The minimum atomic E-state index is -3.60. The largest absolute Gasteiger partial charge is 0.351 e. The van der Waals surface area contributed by atoms with Crippen LogP contribution >= 0.6 is 11.6 Å². The molecular formula is C17H25ClN2O3S. The van der Waals surface area contributed by atoms with Crippen molar-refractivity contribution in [3.8, 4) is 0 Å². The summed E-state index contributed by atoms with van der Waals surface area (Å²) in [6.45, 7) is 6.60. The Kier molecular flexibility index (Phi) is 5.94. The van der Waals surface area contributed by atoms with Gasteiger partial charge in [-0.15, -0.1) is 0 Å². The van der Waals surface area contributed by atoms with E-state index in [4.69, 9.17) is 11.6 Å². The maximum atomic E-state index is 12.8. The molecule has 1 aromatic carbocycles. The molecular weight excluding hydrogens is 348 g/mol. The number of nitrogens with one attached hydrogen (secondary N) is 1. The lowest BCUT2D eigenvalue weighted by molar-refractivity contribution is -0.127. The topological polar surface area (TPSA) is 66.5 Å². The van der Waals surface area contributed by atoms with Gasteiger partial charge >= 0.3 is 0 Å². The summed E-state index contributed by atoms with van der Waals surface area (Å²) in [6, 6.07) is 6.13. The highest BCUT2D eigenvalue weighted by Crippen LogP contribution is 2.25. The third-order valence-corrected chi connectivity index (χ3v) is 6.68. The van der Waals surface area contributed by atoms with Crippen molar-refractivity contribution in [2.75, 3.05) is 13.1 Å². The van der Waals surface area contributed by atoms with Crippen LogP contribution in [0.25, 0.3) is 0 Å². The molecule has 2 rings (SSSR count). The standard InChI is InChI=1S/C17H25ClN2O3S/c1-4-17(2,3)19-16(21)13-6-5-11-20(12-13)24(22,23)15-9-7-14(18)8-10-15/h7-10,13H,4-6,11-12H2,1-3H3,(H,19,21)/t13-/m1/s1. The van der Waals surface area contributed by atoms with Gasteiger partial charge in [0.15, 0.2) is 0 Å². The van der Waals surface area contributed by atoms with E-state index in [1.165, 1.54) is 16.4 Å². The summed E-state index contributed by atoms with van der Waals surface area (Å²) in [4.78, 5) is 12.7. The van der Waals surface area contributed by atoms with Crippen LogP contribution in [0.1, 0.15) is 40.0 Å². The van der Waals surface area contributed by atoms with Gasteiger partial charge in [0, 0.05) is 23.7 Å². The fraction of sp³-hybridized carbons (Fsp3) is 0.588. The van der Waals surface area contributed by atoms with Crippen molar-refractivity contribution in [2.24, 2.45) is 5.92 Å². The molecule has 0 spiro atoms. The molecule has 5 nitrogen and oxygen atoms in total. The van der Waals surface area contributed by atoms with Gasteiger partial charge in [-0.1, -0.05) is 18.5 Å². The number of sulfonamides is 1. The van der Waals surface area contributed by atoms with E-state index in [1.54, 1.807) is 12.1 Å². The third kappa shape index (κ3) is 4.49. The molecule has 1 heterocycles. The zero-order valence-electron chi connectivity index (χ0n) is 14.4. The van der Waals surface area contributed by atoms with Gasteiger partial charge in [0.1, 0.15) is 0 Å². The lowest BCUT2D eigenvalue weighted by atomic mass is 9.95. The number of piperidine rings is 1. The summed E-state index contributed by atoms with van der Waals surface area (Å²) in [5.41, 5.74) is -0.283. The molecule has 1 aliphatic heterocycles. The molecule has 0 bridgehead atoms. The molecule has 0 aliphatic carbocycles. The van der Waals surface area contributed by atoms with E-state index in [0.717, 1.165) is 6.42 Å². The Hall–Kier alpha value is -1.11. The first-order chi connectivity index (χ1) is 11.2. The molecule has 0 radical (unpaired) electrons. The smallest absolute Gasteiger partial charge is 0.243 e. The monoisotopic (exact) mass is 372 g/mol. The highest BCUT2D eigenvalue weighted by atomic mass is 35.5. The quantitative estimate of drug-likeness (QED) is 0.863. The first-order valence-electron chi connectivity index (χ1n) is 8.23. The summed E-state index contributed by atoms with van der Waals surface area (Å²) in [6.07, 6.45) is 2.20. The molecule has 1 saturated heterocycles. The molecule has 1 amide bonds. The molecule has 0 aromatic heterocycles. The maximum Gasteiger partial charge on any atom is 0.243 e. The van der Waals surface area contributed by atoms with Crippen molar-refractivity contribution < 1.29 is 13.2 Å². The highest BCUT2D eigenvalue weighted by molar-refractivity contribution is 7.89. The average molecular weight is 373 g/mol. The third-order valence-electron chi connectivity index (χ3n) is 4.55. The minimum absolute atomic E-state index is 0.0714. The number of carbonyl (C=O) groups excluding carboxylic acids is 1. The lowest BCUT2D eigenvalue weighted by Crippen LogP contribution is -2.50. The summed E-state index contributed by atoms with van der Waals surface area (Å²) < 4.78 is 26.9. The fourth-order valence-electron chi connectivity index (χ4n) is 2.65. The Morgan fingerprint density at radius 3 is 2.54 bits per heavy atom. The normalized spacial score (nSPS) is 19.9. The van der Waals surface area contributed by atoms with Crippen LogP contribution in [0.5, 0.6) is 0 Å². The van der Waals surface area contributed by atoms with Crippen LogP contribution in [0.2, 0.25) is 5.02 Å². The second-order valence-corrected chi connectivity index (χ2v) is 9.26. The number of amides is 1. The SMILES string of the molecule is CCC(C)(C)NC(=O)[C@@H]1CCCN(S(=O)(=O)c2ccc(Cl)cc2)C1. The van der Waals surface area contributed by atoms with E-state index in [-0.39, 0.29) is 28.8 Å². The number of halogens is 1. The van der Waals surface area contributed by atoms with Crippen LogP contribution in [0.4, 0.5) is 0 Å². The number of benzene rings is 1. The molecule has 7 heteroatoms. The van der Waals surface area contributed by atoms with Crippen molar-refractivity contribution in [1.29, 1.82) is 0 Å². The van der Waals surface area contributed by atoms with Crippen molar-refractivity contribution in [3.63, 3.8) is 0 Å². The Morgan fingerprint density at radius 1 is 1.33 bits per heavy atom. The molecule has 1 fully saturated rings. The van der Waals surface area contributed by atoms with Gasteiger partial charge in [-0.25, -0.2) is 8.42 Å². The molecule has 1 atom stereocenters. The van der Waals surface area contributed by atoms with Gasteiger partial charge in [0.25, 0.3) is 0 Å². The van der Waals surface area contributed by atoms with Crippen molar-refractivity contribution in [3.05, 3.63) is 29.3 Å². The molecule has 134 valence electrons. The zero-order valence-corrected chi connectivity index (χ0v) is 16.0. The van der Waals surface area contributed by atoms with Gasteiger partial charge in [-0.2, -0.15) is 4.31 Å². The van der Waals surface area contributed by atoms with Crippen LogP contribution in [0.15, 0.2) is 29.2 Å². The second kappa shape index (κ2) is 7.42. The first kappa shape index (κ1) is 19.2. The van der Waals surface area contributed by atoms with E-state index < -0.39 is 10.0 Å². The zero-order chi connectivity index (χ0) is 18.0. The number of carbonyl (C=O) groups is 1. The maximum absolute atomic E-state index is 12.8. The van der Waals surface area contributed by atoms with Crippen LogP contribution in [0, 0.1) is 5.92 Å². The number of hydrogen-bond donors (Lipinski definition) is 1. The lowest BCUT2D eigenvalue weighted by Gasteiger charge is -2.33. The van der Waals surface area contributed by atoms with Crippen LogP contribution < -0.4 is 5.32 Å². The average Bonchev–Trinajstić information content (AvgIpc) is 2.55. The fourth-order valence-corrected chi connectivity index (χ4v) is 4.30. The van der Waals surface area contributed by atoms with E-state index in [9.17, 15) is 13.2 Å². The number of nitrogens with zero attached hydrogens (tertiary/aromatic N) is 1. The van der Waals surface area contributed by atoms with Gasteiger partial charge in [0.05, 0.1) is 10.8 Å². The molecule has 0 unspecified atom stereocenters. The number of hydrogen-bond acceptors (Lipinski definition) is 3. The summed E-state index contributed by atoms with van der Waals surface area (Å²) in [7, 11) is -3.60. The Morgan fingerprint density at radius 2 is 1.96 bits per heavy atom. The summed E-state index contributed by atoms with van der Waals surface area (Å²) in [5, 5.41) is 3.51. The van der Waals surface area contributed by atoms with Crippen molar-refractivity contribution in [1.82, 2.24) is 9.62 Å². The summed E-state index contributed by atoms with van der Waals surface area (Å²) >= 11 is 5.83. The van der Waals surface area contributed by atoms with Crippen molar-refractivity contribution >= 4 is 27.5 Å². The highest BCUT2D eigenvalue weighted by Gasteiger charge is 2.34. The Bertz CT molecular complexity index is 686. The molecule has 24 heavy (non-hydrogen) atoms. The van der Waals surface area contributed by atoms with Gasteiger partial charge in [-0.05, 0) is 57.4 Å². The minimum Gasteiger partial charge on any atom is -0.351 e. The van der Waals surface area contributed by atoms with E-state index in [1.807, 2.05) is 20.8 Å². The van der Waals surface area contributed by atoms with Crippen LogP contribution in [0.3, 0.4) is 0 Å². The summed E-state index contributed by atoms with van der Waals surface area (Å²) in [5.74, 6) is -0.385. The van der Waals surface area contributed by atoms with E-state index in [2.05, 4.69) is 5.32 Å². The van der Waals surface area contributed by atoms with Crippen LogP contribution in [-0.2, 0) is 14.8 Å².